The number of nitro groups is 1. The highest BCUT2D eigenvalue weighted by Gasteiger charge is 2.22. The van der Waals surface area contributed by atoms with Gasteiger partial charge in [-0.2, -0.15) is 0 Å². The summed E-state index contributed by atoms with van der Waals surface area (Å²) in [4.78, 5) is 23.2. The van der Waals surface area contributed by atoms with Gasteiger partial charge in [0.05, 0.1) is 9.82 Å². The zero-order chi connectivity index (χ0) is 16.0. The number of carbonyl (C=O) groups is 1. The SMILES string of the molecule is CCC(N)(CC)CNC(=O)c1ccc(SC)c([N+](=O)[O-])c1. The molecule has 1 aromatic carbocycles. The second-order valence-electron chi connectivity index (χ2n) is 4.90. The van der Waals surface area contributed by atoms with E-state index in [1.165, 1.54) is 17.8 Å². The lowest BCUT2D eigenvalue weighted by atomic mass is 9.94. The lowest BCUT2D eigenvalue weighted by Crippen LogP contribution is -2.49. The average Bonchev–Trinajstić information content (AvgIpc) is 2.51. The molecular formula is C14H21N3O3S. The third-order valence-electron chi connectivity index (χ3n) is 3.65. The summed E-state index contributed by atoms with van der Waals surface area (Å²) >= 11 is 1.28. The van der Waals surface area contributed by atoms with Crippen LogP contribution in [0.2, 0.25) is 0 Å². The maximum atomic E-state index is 12.1. The number of rotatable bonds is 7. The number of thioether (sulfide) groups is 1. The number of benzene rings is 1. The van der Waals surface area contributed by atoms with Crippen molar-refractivity contribution in [1.82, 2.24) is 5.32 Å². The highest BCUT2D eigenvalue weighted by molar-refractivity contribution is 7.98. The molecule has 1 amide bonds. The fraction of sp³-hybridized carbons (Fsp3) is 0.500. The zero-order valence-electron chi connectivity index (χ0n) is 12.5. The molecule has 0 aliphatic rings. The molecule has 1 aromatic rings. The zero-order valence-corrected chi connectivity index (χ0v) is 13.3. The number of hydrogen-bond donors (Lipinski definition) is 2. The molecule has 3 N–H and O–H groups in total. The van der Waals surface area contributed by atoms with Crippen LogP contribution >= 0.6 is 11.8 Å². The summed E-state index contributed by atoms with van der Waals surface area (Å²) in [5.41, 5.74) is 5.89. The first-order chi connectivity index (χ1) is 9.86. The van der Waals surface area contributed by atoms with Gasteiger partial charge in [0.1, 0.15) is 0 Å². The molecule has 0 bridgehead atoms. The van der Waals surface area contributed by atoms with E-state index in [0.717, 1.165) is 12.8 Å². The van der Waals surface area contributed by atoms with Gasteiger partial charge >= 0.3 is 0 Å². The first-order valence-electron chi connectivity index (χ1n) is 6.76. The van der Waals surface area contributed by atoms with Gasteiger partial charge in [0.2, 0.25) is 0 Å². The van der Waals surface area contributed by atoms with Crippen LogP contribution in [0, 0.1) is 10.1 Å². The van der Waals surface area contributed by atoms with Crippen molar-refractivity contribution in [3.63, 3.8) is 0 Å². The van der Waals surface area contributed by atoms with Gasteiger partial charge < -0.3 is 11.1 Å². The molecule has 0 unspecified atom stereocenters. The van der Waals surface area contributed by atoms with E-state index in [2.05, 4.69) is 5.32 Å². The molecule has 0 aromatic heterocycles. The highest BCUT2D eigenvalue weighted by atomic mass is 32.2. The van der Waals surface area contributed by atoms with E-state index in [9.17, 15) is 14.9 Å². The predicted molar refractivity (Wildman–Crippen MR) is 84.7 cm³/mol. The van der Waals surface area contributed by atoms with Crippen LogP contribution in [0.4, 0.5) is 5.69 Å². The Balaban J connectivity index is 2.89. The third kappa shape index (κ3) is 4.44. The Kier molecular flexibility index (Phi) is 6.17. The summed E-state index contributed by atoms with van der Waals surface area (Å²) in [6, 6.07) is 4.48. The van der Waals surface area contributed by atoms with Crippen molar-refractivity contribution >= 4 is 23.4 Å². The highest BCUT2D eigenvalue weighted by Crippen LogP contribution is 2.28. The van der Waals surface area contributed by atoms with Gasteiger partial charge in [-0.1, -0.05) is 13.8 Å². The molecule has 0 saturated carbocycles. The van der Waals surface area contributed by atoms with E-state index in [4.69, 9.17) is 5.73 Å². The van der Waals surface area contributed by atoms with Gasteiger partial charge in [-0.15, -0.1) is 11.8 Å². The number of amides is 1. The van der Waals surface area contributed by atoms with E-state index in [0.29, 0.717) is 11.4 Å². The minimum absolute atomic E-state index is 0.0554. The van der Waals surface area contributed by atoms with Crippen molar-refractivity contribution < 1.29 is 9.72 Å². The molecule has 0 spiro atoms. The largest absolute Gasteiger partial charge is 0.350 e. The van der Waals surface area contributed by atoms with E-state index >= 15 is 0 Å². The number of hydrogen-bond acceptors (Lipinski definition) is 5. The van der Waals surface area contributed by atoms with Crippen LogP contribution in [-0.4, -0.2) is 29.2 Å². The van der Waals surface area contributed by atoms with Crippen molar-refractivity contribution in [3.05, 3.63) is 33.9 Å². The molecule has 0 atom stereocenters. The Labute approximate surface area is 128 Å². The van der Waals surface area contributed by atoms with Crippen LogP contribution in [0.3, 0.4) is 0 Å². The number of nitro benzene ring substituents is 1. The molecule has 0 aliphatic carbocycles. The minimum Gasteiger partial charge on any atom is -0.350 e. The molecule has 0 radical (unpaired) electrons. The molecule has 21 heavy (non-hydrogen) atoms. The normalized spacial score (nSPS) is 11.2. The minimum atomic E-state index is -0.478. The maximum absolute atomic E-state index is 12.1. The van der Waals surface area contributed by atoms with Gasteiger partial charge in [0, 0.05) is 23.7 Å². The Bertz CT molecular complexity index is 530. The Morgan fingerprint density at radius 1 is 1.43 bits per heavy atom. The fourth-order valence-electron chi connectivity index (χ4n) is 1.83. The van der Waals surface area contributed by atoms with Crippen molar-refractivity contribution in [3.8, 4) is 0 Å². The molecule has 0 fully saturated rings. The molecule has 6 nitrogen and oxygen atoms in total. The quantitative estimate of drug-likeness (QED) is 0.458. The van der Waals surface area contributed by atoms with E-state index < -0.39 is 10.5 Å². The lowest BCUT2D eigenvalue weighted by Gasteiger charge is -2.26. The predicted octanol–water partition coefficient (Wildman–Crippen LogP) is 2.56. The van der Waals surface area contributed by atoms with Crippen LogP contribution in [0.15, 0.2) is 23.1 Å². The molecule has 0 heterocycles. The fourth-order valence-corrected chi connectivity index (χ4v) is 2.38. The summed E-state index contributed by atoms with van der Waals surface area (Å²) < 4.78 is 0. The van der Waals surface area contributed by atoms with Crippen LogP contribution in [0.5, 0.6) is 0 Å². The van der Waals surface area contributed by atoms with Crippen LogP contribution in [-0.2, 0) is 0 Å². The number of nitrogens with two attached hydrogens (primary N) is 1. The average molecular weight is 311 g/mol. The molecule has 0 aliphatic heterocycles. The summed E-state index contributed by atoms with van der Waals surface area (Å²) in [5.74, 6) is -0.345. The van der Waals surface area contributed by atoms with Gasteiger partial charge in [-0.25, -0.2) is 0 Å². The van der Waals surface area contributed by atoms with Crippen molar-refractivity contribution in [2.75, 3.05) is 12.8 Å². The smallest absolute Gasteiger partial charge is 0.283 e. The first kappa shape index (κ1) is 17.5. The summed E-state index contributed by atoms with van der Waals surface area (Å²) in [7, 11) is 0. The van der Waals surface area contributed by atoms with Gasteiger partial charge in [0.25, 0.3) is 11.6 Å². The monoisotopic (exact) mass is 311 g/mol. The number of carbonyl (C=O) groups excluding carboxylic acids is 1. The second-order valence-corrected chi connectivity index (χ2v) is 5.74. The van der Waals surface area contributed by atoms with Gasteiger partial charge in [0.15, 0.2) is 0 Å². The third-order valence-corrected chi connectivity index (χ3v) is 4.43. The van der Waals surface area contributed by atoms with E-state index in [-0.39, 0.29) is 17.2 Å². The molecular weight excluding hydrogens is 290 g/mol. The second kappa shape index (κ2) is 7.42. The lowest BCUT2D eigenvalue weighted by molar-refractivity contribution is -0.387. The first-order valence-corrected chi connectivity index (χ1v) is 7.99. The van der Waals surface area contributed by atoms with Crippen LogP contribution in [0.25, 0.3) is 0 Å². The van der Waals surface area contributed by atoms with Gasteiger partial charge in [-0.3, -0.25) is 14.9 Å². The standard InChI is InChI=1S/C14H21N3O3S/c1-4-14(15,5-2)9-16-13(18)10-6-7-12(21-3)11(8-10)17(19)20/h6-8H,4-5,9,15H2,1-3H3,(H,16,18). The van der Waals surface area contributed by atoms with Gasteiger partial charge in [-0.05, 0) is 31.2 Å². The number of nitrogens with zero attached hydrogens (tertiary/aromatic N) is 1. The molecule has 1 rings (SSSR count). The van der Waals surface area contributed by atoms with E-state index in [1.54, 1.807) is 18.4 Å². The Morgan fingerprint density at radius 3 is 2.52 bits per heavy atom. The Morgan fingerprint density at radius 2 is 2.05 bits per heavy atom. The van der Waals surface area contributed by atoms with Crippen molar-refractivity contribution in [1.29, 1.82) is 0 Å². The van der Waals surface area contributed by atoms with E-state index in [1.807, 2.05) is 13.8 Å². The summed E-state index contributed by atoms with van der Waals surface area (Å²) in [5, 5.41) is 13.8. The van der Waals surface area contributed by atoms with Crippen molar-refractivity contribution in [2.45, 2.75) is 37.1 Å². The molecule has 0 saturated heterocycles. The summed E-state index contributed by atoms with van der Waals surface area (Å²) in [6.45, 7) is 4.28. The molecule has 116 valence electrons. The Hall–Kier alpha value is -1.60. The summed E-state index contributed by atoms with van der Waals surface area (Å²) in [6.07, 6.45) is 3.25. The van der Waals surface area contributed by atoms with Crippen molar-refractivity contribution in [2.24, 2.45) is 5.73 Å². The topological polar surface area (TPSA) is 98.3 Å². The molecule has 7 heteroatoms. The van der Waals surface area contributed by atoms with Crippen LogP contribution in [0.1, 0.15) is 37.0 Å². The number of nitrogens with one attached hydrogen (secondary N) is 1. The van der Waals surface area contributed by atoms with Crippen LogP contribution < -0.4 is 11.1 Å². The maximum Gasteiger partial charge on any atom is 0.283 e.